The largest absolute Gasteiger partial charge is 0.452 e. The fraction of sp³-hybridized carbons (Fsp3) is 0.148. The van der Waals surface area contributed by atoms with Crippen molar-refractivity contribution in [3.05, 3.63) is 108 Å². The third-order valence-electron chi connectivity index (χ3n) is 5.70. The van der Waals surface area contributed by atoms with Crippen LogP contribution in [-0.4, -0.2) is 27.4 Å². The average Bonchev–Trinajstić information content (AvgIpc) is 3.46. The van der Waals surface area contributed by atoms with E-state index in [2.05, 4.69) is 46.8 Å². The lowest BCUT2D eigenvalue weighted by molar-refractivity contribution is -0.116. The summed E-state index contributed by atoms with van der Waals surface area (Å²) >= 11 is 7.22. The van der Waals surface area contributed by atoms with Crippen molar-refractivity contribution in [2.24, 2.45) is 0 Å². The van der Waals surface area contributed by atoms with E-state index in [1.807, 2.05) is 65.6 Å². The SMILES string of the molecule is Cc1ccc(Sc2ccc(C3C(c4ccccn4)NC(=S)N3CC(=O)Nc3ccccc3)o2)cc1. The van der Waals surface area contributed by atoms with Gasteiger partial charge in [0, 0.05) is 16.8 Å². The molecule has 0 saturated carbocycles. The number of carbonyl (C=O) groups excluding carboxylic acids is 1. The number of amides is 1. The van der Waals surface area contributed by atoms with Crippen LogP contribution in [0.1, 0.15) is 29.1 Å². The predicted molar refractivity (Wildman–Crippen MR) is 141 cm³/mol. The molecule has 4 aromatic rings. The van der Waals surface area contributed by atoms with Crippen molar-refractivity contribution in [1.82, 2.24) is 15.2 Å². The maximum atomic E-state index is 12.9. The van der Waals surface area contributed by atoms with Gasteiger partial charge in [-0.2, -0.15) is 0 Å². The van der Waals surface area contributed by atoms with Gasteiger partial charge in [0.1, 0.15) is 18.3 Å². The third kappa shape index (κ3) is 5.39. The van der Waals surface area contributed by atoms with Crippen LogP contribution in [-0.2, 0) is 4.79 Å². The fourth-order valence-electron chi connectivity index (χ4n) is 4.03. The van der Waals surface area contributed by atoms with Gasteiger partial charge < -0.3 is 20.0 Å². The third-order valence-corrected chi connectivity index (χ3v) is 6.98. The lowest BCUT2D eigenvalue weighted by atomic mass is 10.0. The van der Waals surface area contributed by atoms with E-state index in [1.165, 1.54) is 5.56 Å². The lowest BCUT2D eigenvalue weighted by Gasteiger charge is -2.25. The monoisotopic (exact) mass is 500 g/mol. The average molecular weight is 501 g/mol. The van der Waals surface area contributed by atoms with E-state index in [4.69, 9.17) is 16.6 Å². The Morgan fingerprint density at radius 3 is 2.57 bits per heavy atom. The molecule has 2 aromatic carbocycles. The first-order valence-electron chi connectivity index (χ1n) is 11.2. The summed E-state index contributed by atoms with van der Waals surface area (Å²) in [6.45, 7) is 2.14. The summed E-state index contributed by atoms with van der Waals surface area (Å²) in [5.41, 5.74) is 2.78. The molecule has 8 heteroatoms. The lowest BCUT2D eigenvalue weighted by Crippen LogP contribution is -2.36. The first kappa shape index (κ1) is 23.1. The molecule has 1 saturated heterocycles. The molecule has 2 atom stereocenters. The number of para-hydroxylation sites is 1. The summed E-state index contributed by atoms with van der Waals surface area (Å²) in [7, 11) is 0. The Morgan fingerprint density at radius 1 is 1.06 bits per heavy atom. The number of hydrogen-bond donors (Lipinski definition) is 2. The van der Waals surface area contributed by atoms with Gasteiger partial charge in [-0.3, -0.25) is 9.78 Å². The molecule has 2 aromatic heterocycles. The number of aryl methyl sites for hydroxylation is 1. The first-order chi connectivity index (χ1) is 17.1. The van der Waals surface area contributed by atoms with Gasteiger partial charge >= 0.3 is 0 Å². The maximum Gasteiger partial charge on any atom is 0.244 e. The molecule has 0 radical (unpaired) electrons. The first-order valence-corrected chi connectivity index (χ1v) is 12.5. The Balaban J connectivity index is 1.41. The Kier molecular flexibility index (Phi) is 6.83. The van der Waals surface area contributed by atoms with Gasteiger partial charge in [0.25, 0.3) is 0 Å². The number of nitrogens with zero attached hydrogens (tertiary/aromatic N) is 2. The van der Waals surface area contributed by atoms with Gasteiger partial charge in [-0.15, -0.1) is 0 Å². The van der Waals surface area contributed by atoms with E-state index in [0.29, 0.717) is 5.11 Å². The van der Waals surface area contributed by atoms with Crippen molar-refractivity contribution >= 4 is 40.7 Å². The molecule has 1 amide bonds. The number of benzene rings is 2. The van der Waals surface area contributed by atoms with Crippen LogP contribution in [0, 0.1) is 6.92 Å². The van der Waals surface area contributed by atoms with Gasteiger partial charge in [0.05, 0.1) is 11.7 Å². The molecule has 1 aliphatic heterocycles. The quantitative estimate of drug-likeness (QED) is 0.313. The van der Waals surface area contributed by atoms with Crippen molar-refractivity contribution in [3.8, 4) is 0 Å². The van der Waals surface area contributed by atoms with Crippen molar-refractivity contribution in [1.29, 1.82) is 0 Å². The zero-order chi connectivity index (χ0) is 24.2. The summed E-state index contributed by atoms with van der Waals surface area (Å²) in [4.78, 5) is 20.4. The number of hydrogen-bond acceptors (Lipinski definition) is 5. The zero-order valence-corrected chi connectivity index (χ0v) is 20.7. The van der Waals surface area contributed by atoms with E-state index >= 15 is 0 Å². The van der Waals surface area contributed by atoms with E-state index in [9.17, 15) is 4.79 Å². The maximum absolute atomic E-state index is 12.9. The molecule has 0 spiro atoms. The number of carbonyl (C=O) groups is 1. The fourth-order valence-corrected chi connectivity index (χ4v) is 5.12. The molecule has 0 bridgehead atoms. The second-order valence-electron chi connectivity index (χ2n) is 8.24. The Bertz CT molecular complexity index is 1310. The minimum atomic E-state index is -0.328. The molecule has 1 aliphatic rings. The van der Waals surface area contributed by atoms with Crippen molar-refractivity contribution in [2.45, 2.75) is 29.0 Å². The van der Waals surface area contributed by atoms with E-state index < -0.39 is 0 Å². The Hall–Kier alpha value is -3.62. The number of aromatic nitrogens is 1. The van der Waals surface area contributed by atoms with Crippen LogP contribution in [0.3, 0.4) is 0 Å². The van der Waals surface area contributed by atoms with Crippen molar-refractivity contribution < 1.29 is 9.21 Å². The normalized spacial score (nSPS) is 17.3. The molecule has 2 N–H and O–H groups in total. The molecule has 6 nitrogen and oxygen atoms in total. The summed E-state index contributed by atoms with van der Waals surface area (Å²) < 4.78 is 6.29. The van der Waals surface area contributed by atoms with Gasteiger partial charge in [-0.1, -0.05) is 53.7 Å². The van der Waals surface area contributed by atoms with Crippen molar-refractivity contribution in [2.75, 3.05) is 11.9 Å². The second-order valence-corrected chi connectivity index (χ2v) is 9.71. The number of anilines is 1. The molecule has 5 rings (SSSR count). The van der Waals surface area contributed by atoms with Gasteiger partial charge in [0.15, 0.2) is 10.2 Å². The second kappa shape index (κ2) is 10.3. The number of nitrogens with one attached hydrogen (secondary N) is 2. The Labute approximate surface area is 213 Å². The molecule has 0 aliphatic carbocycles. The number of rotatable bonds is 7. The highest BCUT2D eigenvalue weighted by Crippen LogP contribution is 2.41. The van der Waals surface area contributed by atoms with Crippen LogP contribution in [0.25, 0.3) is 0 Å². The van der Waals surface area contributed by atoms with Crippen LogP contribution < -0.4 is 10.6 Å². The number of pyridine rings is 1. The van der Waals surface area contributed by atoms with Crippen LogP contribution in [0.4, 0.5) is 5.69 Å². The zero-order valence-electron chi connectivity index (χ0n) is 19.0. The van der Waals surface area contributed by atoms with Gasteiger partial charge in [0.2, 0.25) is 5.91 Å². The molecular formula is C27H24N4O2S2. The molecule has 3 heterocycles. The summed E-state index contributed by atoms with van der Waals surface area (Å²) in [6.07, 6.45) is 1.75. The minimum absolute atomic E-state index is 0.0792. The van der Waals surface area contributed by atoms with Crippen molar-refractivity contribution in [3.63, 3.8) is 0 Å². The van der Waals surface area contributed by atoms with Gasteiger partial charge in [-0.05, 0) is 67.7 Å². The molecular weight excluding hydrogens is 476 g/mol. The minimum Gasteiger partial charge on any atom is -0.452 e. The molecule has 2 unspecified atom stereocenters. The van der Waals surface area contributed by atoms with Gasteiger partial charge in [-0.25, -0.2) is 0 Å². The smallest absolute Gasteiger partial charge is 0.244 e. The number of furan rings is 1. The highest BCUT2D eigenvalue weighted by Gasteiger charge is 2.42. The predicted octanol–water partition coefficient (Wildman–Crippen LogP) is 5.75. The Morgan fingerprint density at radius 2 is 1.83 bits per heavy atom. The van der Waals surface area contributed by atoms with E-state index in [1.54, 1.807) is 18.0 Å². The number of thiocarbonyl (C=S) groups is 1. The highest BCUT2D eigenvalue weighted by atomic mass is 32.2. The topological polar surface area (TPSA) is 70.4 Å². The van der Waals surface area contributed by atoms with Crippen LogP contribution in [0.5, 0.6) is 0 Å². The van der Waals surface area contributed by atoms with Crippen LogP contribution >= 0.6 is 24.0 Å². The summed E-state index contributed by atoms with van der Waals surface area (Å²) in [5, 5.41) is 7.55. The van der Waals surface area contributed by atoms with E-state index in [-0.39, 0.29) is 24.5 Å². The summed E-state index contributed by atoms with van der Waals surface area (Å²) in [6, 6.07) is 26.8. The van der Waals surface area contributed by atoms with E-state index in [0.717, 1.165) is 27.1 Å². The molecule has 35 heavy (non-hydrogen) atoms. The molecule has 1 fully saturated rings. The van der Waals surface area contributed by atoms with Crippen LogP contribution in [0.15, 0.2) is 106 Å². The summed E-state index contributed by atoms with van der Waals surface area (Å²) in [5.74, 6) is 0.558. The highest BCUT2D eigenvalue weighted by molar-refractivity contribution is 7.99. The standard InChI is InChI=1S/C27H24N4O2S2/c1-18-10-12-20(13-11-18)35-24-15-14-22(33-24)26-25(21-9-5-6-16-28-21)30-27(34)31(26)17-23(32)29-19-7-3-2-4-8-19/h2-16,25-26H,17H2,1H3,(H,29,32)(H,30,34). The molecule has 176 valence electrons. The van der Waals surface area contributed by atoms with Crippen LogP contribution in [0.2, 0.25) is 0 Å².